The maximum absolute atomic E-state index is 12.3. The summed E-state index contributed by atoms with van der Waals surface area (Å²) in [5.74, 6) is 0.232. The van der Waals surface area contributed by atoms with Crippen molar-refractivity contribution >= 4 is 45.9 Å². The monoisotopic (exact) mass is 370 g/mol. The standard InChI is InChI=1S/C20H19ClN2OS/c1-12-6-4-7-15-13(2)10-19(23-20(12)15)25-11-18(24)22-17-9-5-8-16(21)14(17)3/h4-10H,11H2,1-3H3,(H,22,24). The molecule has 0 aliphatic heterocycles. The van der Waals surface area contributed by atoms with E-state index in [1.807, 2.05) is 37.3 Å². The topological polar surface area (TPSA) is 42.0 Å². The van der Waals surface area contributed by atoms with Crippen molar-refractivity contribution in [2.24, 2.45) is 0 Å². The maximum Gasteiger partial charge on any atom is 0.234 e. The molecular weight excluding hydrogens is 352 g/mol. The number of benzene rings is 2. The van der Waals surface area contributed by atoms with Crippen molar-refractivity contribution in [3.8, 4) is 0 Å². The number of hydrogen-bond donors (Lipinski definition) is 1. The number of amides is 1. The molecule has 1 amide bonds. The highest BCUT2D eigenvalue weighted by Gasteiger charge is 2.10. The molecule has 0 saturated carbocycles. The van der Waals surface area contributed by atoms with Crippen molar-refractivity contribution in [2.75, 3.05) is 11.1 Å². The summed E-state index contributed by atoms with van der Waals surface area (Å²) in [7, 11) is 0. The molecule has 1 N–H and O–H groups in total. The maximum atomic E-state index is 12.3. The highest BCUT2D eigenvalue weighted by Crippen LogP contribution is 2.26. The Balaban J connectivity index is 1.73. The number of anilines is 1. The fourth-order valence-electron chi connectivity index (χ4n) is 2.67. The van der Waals surface area contributed by atoms with Gasteiger partial charge in [0, 0.05) is 16.1 Å². The van der Waals surface area contributed by atoms with E-state index in [0.717, 1.165) is 32.7 Å². The van der Waals surface area contributed by atoms with Crippen LogP contribution in [-0.2, 0) is 4.79 Å². The highest BCUT2D eigenvalue weighted by molar-refractivity contribution is 7.99. The minimum atomic E-state index is -0.0697. The summed E-state index contributed by atoms with van der Waals surface area (Å²) in [5, 5.41) is 5.57. The van der Waals surface area contributed by atoms with E-state index in [-0.39, 0.29) is 5.91 Å². The van der Waals surface area contributed by atoms with E-state index in [2.05, 4.69) is 31.3 Å². The van der Waals surface area contributed by atoms with Gasteiger partial charge in [-0.25, -0.2) is 4.98 Å². The van der Waals surface area contributed by atoms with E-state index < -0.39 is 0 Å². The molecule has 0 radical (unpaired) electrons. The minimum absolute atomic E-state index is 0.0697. The summed E-state index contributed by atoms with van der Waals surface area (Å²) in [6.45, 7) is 6.02. The Hall–Kier alpha value is -2.04. The molecule has 0 saturated heterocycles. The number of carbonyl (C=O) groups is 1. The molecule has 25 heavy (non-hydrogen) atoms. The molecule has 0 spiro atoms. The minimum Gasteiger partial charge on any atom is -0.325 e. The van der Waals surface area contributed by atoms with Gasteiger partial charge in [0.1, 0.15) is 0 Å². The van der Waals surface area contributed by atoms with Crippen LogP contribution in [-0.4, -0.2) is 16.6 Å². The molecule has 0 fully saturated rings. The van der Waals surface area contributed by atoms with Crippen LogP contribution in [0.25, 0.3) is 10.9 Å². The van der Waals surface area contributed by atoms with Gasteiger partial charge in [-0.2, -0.15) is 0 Å². The quantitative estimate of drug-likeness (QED) is 0.612. The fraction of sp³-hybridized carbons (Fsp3) is 0.200. The van der Waals surface area contributed by atoms with Crippen molar-refractivity contribution in [2.45, 2.75) is 25.8 Å². The molecule has 1 heterocycles. The number of para-hydroxylation sites is 1. The molecule has 0 bridgehead atoms. The van der Waals surface area contributed by atoms with Gasteiger partial charge in [0.05, 0.1) is 16.3 Å². The Kier molecular flexibility index (Phi) is 5.30. The number of aryl methyl sites for hydroxylation is 2. The van der Waals surface area contributed by atoms with Crippen molar-refractivity contribution in [3.63, 3.8) is 0 Å². The lowest BCUT2D eigenvalue weighted by Gasteiger charge is -2.10. The summed E-state index contributed by atoms with van der Waals surface area (Å²) < 4.78 is 0. The summed E-state index contributed by atoms with van der Waals surface area (Å²) in [6.07, 6.45) is 0. The number of rotatable bonds is 4. The van der Waals surface area contributed by atoms with Crippen molar-refractivity contribution in [1.29, 1.82) is 0 Å². The van der Waals surface area contributed by atoms with E-state index in [4.69, 9.17) is 16.6 Å². The molecule has 1 aromatic heterocycles. The number of thioether (sulfide) groups is 1. The Morgan fingerprint density at radius 1 is 1.12 bits per heavy atom. The number of hydrogen-bond acceptors (Lipinski definition) is 3. The molecule has 128 valence electrons. The van der Waals surface area contributed by atoms with Crippen LogP contribution in [0.2, 0.25) is 5.02 Å². The van der Waals surface area contributed by atoms with Gasteiger partial charge in [-0.1, -0.05) is 47.6 Å². The van der Waals surface area contributed by atoms with Gasteiger partial charge in [-0.3, -0.25) is 4.79 Å². The second-order valence-electron chi connectivity index (χ2n) is 6.00. The third kappa shape index (κ3) is 3.97. The van der Waals surface area contributed by atoms with Gasteiger partial charge in [-0.15, -0.1) is 0 Å². The number of pyridine rings is 1. The van der Waals surface area contributed by atoms with Crippen LogP contribution in [0.1, 0.15) is 16.7 Å². The van der Waals surface area contributed by atoms with Gasteiger partial charge in [0.25, 0.3) is 0 Å². The molecule has 3 rings (SSSR count). The first kappa shape index (κ1) is 17.8. The molecule has 0 atom stereocenters. The summed E-state index contributed by atoms with van der Waals surface area (Å²) in [5.41, 5.74) is 4.93. The fourth-order valence-corrected chi connectivity index (χ4v) is 3.62. The van der Waals surface area contributed by atoms with Crippen LogP contribution in [0.5, 0.6) is 0 Å². The van der Waals surface area contributed by atoms with E-state index in [0.29, 0.717) is 10.8 Å². The zero-order chi connectivity index (χ0) is 18.0. The number of fused-ring (bicyclic) bond motifs is 1. The van der Waals surface area contributed by atoms with E-state index in [1.54, 1.807) is 0 Å². The third-order valence-electron chi connectivity index (χ3n) is 4.12. The van der Waals surface area contributed by atoms with Crippen LogP contribution in [0, 0.1) is 20.8 Å². The number of halogens is 1. The molecule has 0 unspecified atom stereocenters. The molecule has 3 aromatic rings. The Morgan fingerprint density at radius 2 is 1.88 bits per heavy atom. The number of nitrogens with zero attached hydrogens (tertiary/aromatic N) is 1. The van der Waals surface area contributed by atoms with Crippen LogP contribution < -0.4 is 5.32 Å². The Morgan fingerprint density at radius 3 is 2.68 bits per heavy atom. The van der Waals surface area contributed by atoms with Gasteiger partial charge >= 0.3 is 0 Å². The first-order valence-corrected chi connectivity index (χ1v) is 9.37. The second kappa shape index (κ2) is 7.46. The zero-order valence-corrected chi connectivity index (χ0v) is 16.0. The average molecular weight is 371 g/mol. The summed E-state index contributed by atoms with van der Waals surface area (Å²) in [4.78, 5) is 17.0. The predicted molar refractivity (Wildman–Crippen MR) is 107 cm³/mol. The van der Waals surface area contributed by atoms with E-state index in [9.17, 15) is 4.79 Å². The van der Waals surface area contributed by atoms with Gasteiger partial charge in [0.15, 0.2) is 0 Å². The predicted octanol–water partition coefficient (Wildman–Crippen LogP) is 5.54. The lowest BCUT2D eigenvalue weighted by Crippen LogP contribution is -2.15. The van der Waals surface area contributed by atoms with Crippen molar-refractivity contribution in [3.05, 3.63) is 64.2 Å². The lowest BCUT2D eigenvalue weighted by atomic mass is 10.1. The molecule has 5 heteroatoms. The number of nitrogens with one attached hydrogen (secondary N) is 1. The van der Waals surface area contributed by atoms with Crippen LogP contribution >= 0.6 is 23.4 Å². The van der Waals surface area contributed by atoms with Crippen molar-refractivity contribution < 1.29 is 4.79 Å². The Labute approximate surface area is 156 Å². The normalized spacial score (nSPS) is 10.9. The zero-order valence-electron chi connectivity index (χ0n) is 14.4. The first-order valence-electron chi connectivity index (χ1n) is 8.00. The summed E-state index contributed by atoms with van der Waals surface area (Å²) >= 11 is 7.53. The van der Waals surface area contributed by atoms with Crippen molar-refractivity contribution in [1.82, 2.24) is 4.98 Å². The molecular formula is C20H19ClN2OS. The largest absolute Gasteiger partial charge is 0.325 e. The SMILES string of the molecule is Cc1c(Cl)cccc1NC(=O)CSc1cc(C)c2cccc(C)c2n1. The molecule has 0 aliphatic carbocycles. The summed E-state index contributed by atoms with van der Waals surface area (Å²) in [6, 6.07) is 13.7. The van der Waals surface area contributed by atoms with Crippen LogP contribution in [0.4, 0.5) is 5.69 Å². The lowest BCUT2D eigenvalue weighted by molar-refractivity contribution is -0.113. The third-order valence-corrected chi connectivity index (χ3v) is 5.44. The number of aromatic nitrogens is 1. The number of carbonyl (C=O) groups excluding carboxylic acids is 1. The second-order valence-corrected chi connectivity index (χ2v) is 7.40. The van der Waals surface area contributed by atoms with Gasteiger partial charge < -0.3 is 5.32 Å². The first-order chi connectivity index (χ1) is 12.0. The van der Waals surface area contributed by atoms with E-state index >= 15 is 0 Å². The Bertz CT molecular complexity index is 956. The highest BCUT2D eigenvalue weighted by atomic mass is 35.5. The average Bonchev–Trinajstić information content (AvgIpc) is 2.58. The molecule has 0 aliphatic rings. The van der Waals surface area contributed by atoms with Crippen LogP contribution in [0.3, 0.4) is 0 Å². The molecule has 3 nitrogen and oxygen atoms in total. The smallest absolute Gasteiger partial charge is 0.234 e. The molecule has 2 aromatic carbocycles. The van der Waals surface area contributed by atoms with Crippen LogP contribution in [0.15, 0.2) is 47.5 Å². The van der Waals surface area contributed by atoms with Gasteiger partial charge in [0.2, 0.25) is 5.91 Å². The van der Waals surface area contributed by atoms with E-state index in [1.165, 1.54) is 17.3 Å². The van der Waals surface area contributed by atoms with Gasteiger partial charge in [-0.05, 0) is 55.7 Å².